The van der Waals surface area contributed by atoms with Gasteiger partial charge in [0.25, 0.3) is 5.91 Å². The van der Waals surface area contributed by atoms with E-state index >= 15 is 0 Å². The molecule has 0 aliphatic carbocycles. The maximum Gasteiger partial charge on any atom is 0.255 e. The lowest BCUT2D eigenvalue weighted by atomic mass is 10.2. The largest absolute Gasteiger partial charge is 0.339 e. The van der Waals surface area contributed by atoms with Crippen molar-refractivity contribution in [2.45, 2.75) is 13.3 Å². The third-order valence-electron chi connectivity index (χ3n) is 2.06. The molecule has 4 nitrogen and oxygen atoms in total. The lowest BCUT2D eigenvalue weighted by molar-refractivity contribution is 0.0764. The van der Waals surface area contributed by atoms with Crippen LogP contribution in [0, 0.1) is 0 Å². The number of hydrogen-bond donors (Lipinski definition) is 0. The van der Waals surface area contributed by atoms with E-state index in [1.807, 2.05) is 6.92 Å². The van der Waals surface area contributed by atoms with E-state index in [1.54, 1.807) is 11.0 Å². The van der Waals surface area contributed by atoms with Crippen molar-refractivity contribution in [3.63, 3.8) is 0 Å². The van der Waals surface area contributed by atoms with Crippen molar-refractivity contribution in [3.8, 4) is 0 Å². The quantitative estimate of drug-likeness (QED) is 0.767. The molecule has 0 aromatic carbocycles. The smallest absolute Gasteiger partial charge is 0.255 e. The minimum absolute atomic E-state index is 0.0216. The number of hydrogen-bond acceptors (Lipinski definition) is 3. The van der Waals surface area contributed by atoms with Crippen LogP contribution in [0.15, 0.2) is 18.5 Å². The van der Waals surface area contributed by atoms with E-state index in [9.17, 15) is 4.79 Å². The summed E-state index contributed by atoms with van der Waals surface area (Å²) in [5.74, 6) is 0.0216. The van der Waals surface area contributed by atoms with E-state index in [4.69, 9.17) is 0 Å². The summed E-state index contributed by atoms with van der Waals surface area (Å²) < 4.78 is 0. The van der Waals surface area contributed by atoms with Crippen LogP contribution in [0.3, 0.4) is 0 Å². The fraction of sp³-hybridized carbons (Fsp3) is 0.500. The molecule has 15 heavy (non-hydrogen) atoms. The van der Waals surface area contributed by atoms with Crippen LogP contribution in [0.5, 0.6) is 0 Å². The zero-order valence-corrected chi connectivity index (χ0v) is 10.3. The molecule has 5 heteroatoms. The monoisotopic (exact) mass is 271 g/mol. The molecule has 0 bridgehead atoms. The summed E-state index contributed by atoms with van der Waals surface area (Å²) in [6.45, 7) is 3.46. The summed E-state index contributed by atoms with van der Waals surface area (Å²) in [6, 6.07) is 1.69. The Morgan fingerprint density at radius 1 is 1.53 bits per heavy atom. The van der Waals surface area contributed by atoms with E-state index in [0.29, 0.717) is 12.1 Å². The van der Waals surface area contributed by atoms with Crippen LogP contribution in [0.1, 0.15) is 23.7 Å². The highest BCUT2D eigenvalue weighted by Gasteiger charge is 2.13. The second-order valence-electron chi connectivity index (χ2n) is 3.06. The van der Waals surface area contributed by atoms with Gasteiger partial charge in [0.05, 0.1) is 18.0 Å². The summed E-state index contributed by atoms with van der Waals surface area (Å²) in [6.07, 6.45) is 3.99. The molecule has 0 fully saturated rings. The zero-order chi connectivity index (χ0) is 11.1. The molecular formula is C10H14BrN3O. The summed E-state index contributed by atoms with van der Waals surface area (Å²) in [7, 11) is 0. The van der Waals surface area contributed by atoms with E-state index in [-0.39, 0.29) is 5.91 Å². The molecule has 1 aromatic heterocycles. The third-order valence-corrected chi connectivity index (χ3v) is 2.62. The Bertz CT molecular complexity index is 305. The SMILES string of the molecule is CCN(CCCBr)C(=O)c1ccnnc1. The molecule has 0 unspecified atom stereocenters. The molecule has 0 atom stereocenters. The van der Waals surface area contributed by atoms with Crippen LogP contribution in [0.2, 0.25) is 0 Å². The Labute approximate surface area is 97.8 Å². The van der Waals surface area contributed by atoms with Gasteiger partial charge in [-0.2, -0.15) is 10.2 Å². The molecule has 0 spiro atoms. The van der Waals surface area contributed by atoms with Gasteiger partial charge in [-0.05, 0) is 19.4 Å². The maximum absolute atomic E-state index is 11.9. The van der Waals surface area contributed by atoms with Crippen LogP contribution >= 0.6 is 15.9 Å². The van der Waals surface area contributed by atoms with E-state index in [2.05, 4.69) is 26.1 Å². The number of carbonyl (C=O) groups is 1. The second-order valence-corrected chi connectivity index (χ2v) is 3.85. The highest BCUT2D eigenvalue weighted by atomic mass is 79.9. The molecule has 0 N–H and O–H groups in total. The average Bonchev–Trinajstić information content (AvgIpc) is 2.31. The summed E-state index contributed by atoms with van der Waals surface area (Å²) in [4.78, 5) is 13.7. The number of rotatable bonds is 5. The predicted molar refractivity (Wildman–Crippen MR) is 62.0 cm³/mol. The molecule has 82 valence electrons. The highest BCUT2D eigenvalue weighted by Crippen LogP contribution is 2.03. The molecule has 0 saturated heterocycles. The third kappa shape index (κ3) is 3.58. The van der Waals surface area contributed by atoms with Crippen LogP contribution in [-0.2, 0) is 0 Å². The molecule has 1 amide bonds. The minimum Gasteiger partial charge on any atom is -0.339 e. The number of carbonyl (C=O) groups excluding carboxylic acids is 1. The molecule has 0 aliphatic heterocycles. The van der Waals surface area contributed by atoms with Gasteiger partial charge < -0.3 is 4.90 Å². The van der Waals surface area contributed by atoms with Crippen molar-refractivity contribution < 1.29 is 4.79 Å². The Kier molecular flexibility index (Phi) is 5.25. The first kappa shape index (κ1) is 12.1. The van der Waals surface area contributed by atoms with Crippen molar-refractivity contribution >= 4 is 21.8 Å². The van der Waals surface area contributed by atoms with Gasteiger partial charge >= 0.3 is 0 Å². The standard InChI is InChI=1S/C10H14BrN3O/c1-2-14(7-3-5-11)10(15)9-4-6-12-13-8-9/h4,6,8H,2-3,5,7H2,1H3. The zero-order valence-electron chi connectivity index (χ0n) is 8.69. The Morgan fingerprint density at radius 3 is 2.87 bits per heavy atom. The van der Waals surface area contributed by atoms with Crippen molar-refractivity contribution in [2.75, 3.05) is 18.4 Å². The van der Waals surface area contributed by atoms with Crippen molar-refractivity contribution in [3.05, 3.63) is 24.0 Å². The molecule has 1 aromatic rings. The lowest BCUT2D eigenvalue weighted by Crippen LogP contribution is -2.32. The number of halogens is 1. The van der Waals surface area contributed by atoms with Gasteiger partial charge in [0.2, 0.25) is 0 Å². The Balaban J connectivity index is 2.65. The fourth-order valence-corrected chi connectivity index (χ4v) is 1.50. The highest BCUT2D eigenvalue weighted by molar-refractivity contribution is 9.09. The summed E-state index contributed by atoms with van der Waals surface area (Å²) >= 11 is 3.35. The number of aromatic nitrogens is 2. The topological polar surface area (TPSA) is 46.1 Å². The summed E-state index contributed by atoms with van der Waals surface area (Å²) in [5.41, 5.74) is 0.599. The van der Waals surface area contributed by atoms with Gasteiger partial charge in [0, 0.05) is 18.4 Å². The first-order valence-electron chi connectivity index (χ1n) is 4.91. The van der Waals surface area contributed by atoms with Gasteiger partial charge in [-0.25, -0.2) is 0 Å². The van der Waals surface area contributed by atoms with E-state index in [1.165, 1.54) is 12.4 Å². The molecule has 0 saturated carbocycles. The van der Waals surface area contributed by atoms with Crippen molar-refractivity contribution in [1.82, 2.24) is 15.1 Å². The van der Waals surface area contributed by atoms with Crippen molar-refractivity contribution in [2.24, 2.45) is 0 Å². The molecule has 1 rings (SSSR count). The first-order chi connectivity index (χ1) is 7.29. The van der Waals surface area contributed by atoms with Crippen molar-refractivity contribution in [1.29, 1.82) is 0 Å². The normalized spacial score (nSPS) is 10.0. The van der Waals surface area contributed by atoms with Crippen LogP contribution in [-0.4, -0.2) is 39.4 Å². The average molecular weight is 272 g/mol. The van der Waals surface area contributed by atoms with Gasteiger partial charge in [-0.3, -0.25) is 4.79 Å². The maximum atomic E-state index is 11.9. The lowest BCUT2D eigenvalue weighted by Gasteiger charge is -2.19. The predicted octanol–water partition coefficient (Wildman–Crippen LogP) is 1.72. The van der Waals surface area contributed by atoms with Gasteiger partial charge in [0.1, 0.15) is 0 Å². The van der Waals surface area contributed by atoms with E-state index < -0.39 is 0 Å². The number of amides is 1. The second kappa shape index (κ2) is 6.50. The number of alkyl halides is 1. The van der Waals surface area contributed by atoms with Gasteiger partial charge in [0.15, 0.2) is 0 Å². The summed E-state index contributed by atoms with van der Waals surface area (Å²) in [5, 5.41) is 8.25. The Hall–Kier alpha value is -0.970. The van der Waals surface area contributed by atoms with Crippen LogP contribution < -0.4 is 0 Å². The van der Waals surface area contributed by atoms with Gasteiger partial charge in [-0.15, -0.1) is 0 Å². The molecule has 0 radical (unpaired) electrons. The molecule has 0 aliphatic rings. The van der Waals surface area contributed by atoms with Crippen LogP contribution in [0.25, 0.3) is 0 Å². The fourth-order valence-electron chi connectivity index (χ4n) is 1.25. The first-order valence-corrected chi connectivity index (χ1v) is 6.03. The van der Waals surface area contributed by atoms with Crippen LogP contribution in [0.4, 0.5) is 0 Å². The number of nitrogens with zero attached hydrogens (tertiary/aromatic N) is 3. The molecular weight excluding hydrogens is 258 g/mol. The minimum atomic E-state index is 0.0216. The Morgan fingerprint density at radius 2 is 2.33 bits per heavy atom. The van der Waals surface area contributed by atoms with E-state index in [0.717, 1.165) is 18.3 Å². The van der Waals surface area contributed by atoms with Gasteiger partial charge in [-0.1, -0.05) is 15.9 Å². The molecule has 1 heterocycles.